The normalized spacial score (nSPS) is 10.5. The molecule has 0 atom stereocenters. The van der Waals surface area contributed by atoms with Crippen LogP contribution in [0.1, 0.15) is 18.3 Å². The van der Waals surface area contributed by atoms with Gasteiger partial charge in [-0.2, -0.15) is 4.37 Å². The van der Waals surface area contributed by atoms with Crippen molar-refractivity contribution in [3.05, 3.63) is 41.5 Å². The first-order valence-electron chi connectivity index (χ1n) is 5.47. The molecular formula is C12H14FN3S. The second kappa shape index (κ2) is 5.23. The minimum absolute atomic E-state index is 0.208. The van der Waals surface area contributed by atoms with Crippen molar-refractivity contribution >= 4 is 16.7 Å². The highest BCUT2D eigenvalue weighted by Gasteiger charge is 2.08. The first-order valence-corrected chi connectivity index (χ1v) is 6.24. The molecule has 1 aromatic heterocycles. The molecule has 1 heterocycles. The number of nitrogens with zero attached hydrogens (tertiary/aromatic N) is 3. The van der Waals surface area contributed by atoms with Gasteiger partial charge in [-0.3, -0.25) is 0 Å². The van der Waals surface area contributed by atoms with Crippen molar-refractivity contribution < 1.29 is 4.39 Å². The Morgan fingerprint density at radius 2 is 2.00 bits per heavy atom. The second-order valence-electron chi connectivity index (χ2n) is 3.83. The third-order valence-corrected chi connectivity index (χ3v) is 3.30. The first-order chi connectivity index (χ1) is 8.19. The molecule has 0 aliphatic heterocycles. The predicted octanol–water partition coefficient (Wildman–Crippen LogP) is 2.88. The second-order valence-corrected chi connectivity index (χ2v) is 4.56. The Balaban J connectivity index is 2.05. The van der Waals surface area contributed by atoms with Crippen LogP contribution in [0, 0.1) is 5.82 Å². The fourth-order valence-electron chi connectivity index (χ4n) is 1.47. The van der Waals surface area contributed by atoms with Crippen molar-refractivity contribution in [3.63, 3.8) is 0 Å². The minimum Gasteiger partial charge on any atom is -0.346 e. The number of anilines is 1. The van der Waals surface area contributed by atoms with Gasteiger partial charge in [0.15, 0.2) is 0 Å². The molecule has 0 aliphatic rings. The van der Waals surface area contributed by atoms with Gasteiger partial charge in [-0.15, -0.1) is 0 Å². The fourth-order valence-corrected chi connectivity index (χ4v) is 2.18. The molecule has 90 valence electrons. The average Bonchev–Trinajstić information content (AvgIpc) is 2.81. The summed E-state index contributed by atoms with van der Waals surface area (Å²) in [5.41, 5.74) is 1.06. The maximum Gasteiger partial charge on any atom is 0.205 e. The Hall–Kier alpha value is -1.49. The van der Waals surface area contributed by atoms with Crippen molar-refractivity contribution in [2.24, 2.45) is 0 Å². The van der Waals surface area contributed by atoms with Crippen LogP contribution in [0.4, 0.5) is 9.52 Å². The van der Waals surface area contributed by atoms with Crippen molar-refractivity contribution in [3.8, 4) is 0 Å². The molecule has 0 spiro atoms. The van der Waals surface area contributed by atoms with E-state index in [4.69, 9.17) is 0 Å². The van der Waals surface area contributed by atoms with E-state index in [2.05, 4.69) is 9.36 Å². The number of aromatic nitrogens is 2. The molecule has 0 aliphatic carbocycles. The van der Waals surface area contributed by atoms with Crippen LogP contribution in [-0.2, 0) is 13.0 Å². The van der Waals surface area contributed by atoms with E-state index in [9.17, 15) is 4.39 Å². The van der Waals surface area contributed by atoms with E-state index in [0.717, 1.165) is 22.9 Å². The topological polar surface area (TPSA) is 29.0 Å². The van der Waals surface area contributed by atoms with Gasteiger partial charge in [-0.05, 0) is 17.7 Å². The van der Waals surface area contributed by atoms with Crippen LogP contribution in [0.25, 0.3) is 0 Å². The highest BCUT2D eigenvalue weighted by Crippen LogP contribution is 2.18. The Bertz CT molecular complexity index is 481. The summed E-state index contributed by atoms with van der Waals surface area (Å²) < 4.78 is 17.0. The SMILES string of the molecule is CCc1nsc(N(C)Cc2ccc(F)cc2)n1. The van der Waals surface area contributed by atoms with E-state index in [1.807, 2.05) is 18.9 Å². The van der Waals surface area contributed by atoms with E-state index in [-0.39, 0.29) is 5.82 Å². The molecule has 0 bridgehead atoms. The molecule has 0 amide bonds. The summed E-state index contributed by atoms with van der Waals surface area (Å²) in [5, 5.41) is 0.895. The van der Waals surface area contributed by atoms with E-state index >= 15 is 0 Å². The maximum atomic E-state index is 12.8. The number of rotatable bonds is 4. The lowest BCUT2D eigenvalue weighted by Crippen LogP contribution is -2.16. The van der Waals surface area contributed by atoms with E-state index in [1.165, 1.54) is 23.7 Å². The predicted molar refractivity (Wildman–Crippen MR) is 67.8 cm³/mol. The van der Waals surface area contributed by atoms with Gasteiger partial charge in [0.1, 0.15) is 11.6 Å². The number of benzene rings is 1. The summed E-state index contributed by atoms with van der Waals surface area (Å²) in [4.78, 5) is 6.42. The number of halogens is 1. The lowest BCUT2D eigenvalue weighted by molar-refractivity contribution is 0.627. The quantitative estimate of drug-likeness (QED) is 0.836. The van der Waals surface area contributed by atoms with Crippen molar-refractivity contribution in [1.82, 2.24) is 9.36 Å². The highest BCUT2D eigenvalue weighted by molar-refractivity contribution is 7.09. The zero-order valence-electron chi connectivity index (χ0n) is 9.85. The largest absolute Gasteiger partial charge is 0.346 e. The molecule has 2 rings (SSSR count). The summed E-state index contributed by atoms with van der Waals surface area (Å²) in [6.07, 6.45) is 0.848. The van der Waals surface area contributed by atoms with Crippen LogP contribution in [0.2, 0.25) is 0 Å². The molecule has 3 nitrogen and oxygen atoms in total. The number of aryl methyl sites for hydroxylation is 1. The van der Waals surface area contributed by atoms with Gasteiger partial charge in [0, 0.05) is 31.5 Å². The summed E-state index contributed by atoms with van der Waals surface area (Å²) in [6, 6.07) is 6.52. The lowest BCUT2D eigenvalue weighted by Gasteiger charge is -2.14. The van der Waals surface area contributed by atoms with Gasteiger partial charge in [-0.1, -0.05) is 19.1 Å². The van der Waals surface area contributed by atoms with Crippen molar-refractivity contribution in [2.75, 3.05) is 11.9 Å². The summed E-state index contributed by atoms with van der Waals surface area (Å²) in [5.74, 6) is 0.663. The molecule has 0 saturated heterocycles. The Labute approximate surface area is 104 Å². The van der Waals surface area contributed by atoms with Crippen LogP contribution in [0.5, 0.6) is 0 Å². The first kappa shape index (κ1) is 12.0. The molecule has 0 N–H and O–H groups in total. The van der Waals surface area contributed by atoms with E-state index in [0.29, 0.717) is 6.54 Å². The van der Waals surface area contributed by atoms with Crippen LogP contribution in [-0.4, -0.2) is 16.4 Å². The molecule has 0 saturated carbocycles. The van der Waals surface area contributed by atoms with E-state index in [1.54, 1.807) is 12.1 Å². The van der Waals surface area contributed by atoms with Crippen LogP contribution in [0.3, 0.4) is 0 Å². The Morgan fingerprint density at radius 3 is 2.59 bits per heavy atom. The zero-order valence-corrected chi connectivity index (χ0v) is 10.7. The number of hydrogen-bond donors (Lipinski definition) is 0. The van der Waals surface area contributed by atoms with Crippen LogP contribution >= 0.6 is 11.5 Å². The summed E-state index contributed by atoms with van der Waals surface area (Å²) in [6.45, 7) is 2.74. The van der Waals surface area contributed by atoms with Crippen LogP contribution < -0.4 is 4.90 Å². The van der Waals surface area contributed by atoms with Gasteiger partial charge in [0.05, 0.1) is 0 Å². The van der Waals surface area contributed by atoms with Crippen molar-refractivity contribution in [1.29, 1.82) is 0 Å². The maximum absolute atomic E-state index is 12.8. The van der Waals surface area contributed by atoms with E-state index < -0.39 is 0 Å². The molecule has 0 radical (unpaired) electrons. The molecule has 0 unspecified atom stereocenters. The monoisotopic (exact) mass is 251 g/mol. The number of hydrogen-bond acceptors (Lipinski definition) is 4. The summed E-state index contributed by atoms with van der Waals surface area (Å²) in [7, 11) is 1.96. The van der Waals surface area contributed by atoms with Gasteiger partial charge in [-0.25, -0.2) is 9.37 Å². The summed E-state index contributed by atoms with van der Waals surface area (Å²) >= 11 is 1.40. The van der Waals surface area contributed by atoms with Gasteiger partial charge in [0.25, 0.3) is 0 Å². The van der Waals surface area contributed by atoms with Crippen LogP contribution in [0.15, 0.2) is 24.3 Å². The Kier molecular flexibility index (Phi) is 3.68. The lowest BCUT2D eigenvalue weighted by atomic mass is 10.2. The van der Waals surface area contributed by atoms with Gasteiger partial charge in [0.2, 0.25) is 5.13 Å². The fraction of sp³-hybridized carbons (Fsp3) is 0.333. The Morgan fingerprint density at radius 1 is 1.29 bits per heavy atom. The zero-order chi connectivity index (χ0) is 12.3. The molecule has 5 heteroatoms. The molecular weight excluding hydrogens is 237 g/mol. The standard InChI is InChI=1S/C12H14FN3S/c1-3-11-14-12(17-15-11)16(2)8-9-4-6-10(13)7-5-9/h4-7H,3,8H2,1-2H3. The van der Waals surface area contributed by atoms with Gasteiger partial charge >= 0.3 is 0 Å². The highest BCUT2D eigenvalue weighted by atomic mass is 32.1. The van der Waals surface area contributed by atoms with Gasteiger partial charge < -0.3 is 4.90 Å². The smallest absolute Gasteiger partial charge is 0.205 e. The third-order valence-electron chi connectivity index (χ3n) is 2.43. The van der Waals surface area contributed by atoms with Crippen molar-refractivity contribution in [2.45, 2.75) is 19.9 Å². The third kappa shape index (κ3) is 3.00. The molecule has 0 fully saturated rings. The molecule has 1 aromatic carbocycles. The minimum atomic E-state index is -0.208. The molecule has 17 heavy (non-hydrogen) atoms. The molecule has 2 aromatic rings. The average molecular weight is 251 g/mol.